The number of carboxylic acid groups (broad SMARTS) is 1. The first kappa shape index (κ1) is 40.2. The van der Waals surface area contributed by atoms with E-state index in [-0.39, 0.29) is 12.1 Å². The Morgan fingerprint density at radius 2 is 0.952 bits per heavy atom. The quantitative estimate of drug-likeness (QED) is 0.0482. The lowest BCUT2D eigenvalue weighted by molar-refractivity contribution is -0.148. The van der Waals surface area contributed by atoms with Gasteiger partial charge in [-0.3, -0.25) is 9.59 Å². The third kappa shape index (κ3) is 34.4. The maximum Gasteiger partial charge on any atom is 0.306 e. The molecule has 0 saturated heterocycles. The normalized spacial score (nSPS) is 12.6. The van der Waals surface area contributed by atoms with Gasteiger partial charge in [0.25, 0.3) is 0 Å². The summed E-state index contributed by atoms with van der Waals surface area (Å²) in [5, 5.41) is 8.64. The first-order valence-corrected chi connectivity index (χ1v) is 17.9. The van der Waals surface area contributed by atoms with Crippen molar-refractivity contribution in [2.24, 2.45) is 0 Å². The van der Waals surface area contributed by atoms with Crippen molar-refractivity contribution in [1.29, 1.82) is 0 Å². The third-order valence-corrected chi connectivity index (χ3v) is 7.87. The Morgan fingerprint density at radius 3 is 1.45 bits per heavy atom. The number of esters is 1. The molecule has 4 nitrogen and oxygen atoms in total. The molecule has 0 heterocycles. The fraction of sp³-hybridized carbons (Fsp3) is 0.789. The van der Waals surface area contributed by atoms with E-state index in [0.717, 1.165) is 57.8 Å². The van der Waals surface area contributed by atoms with E-state index in [9.17, 15) is 9.59 Å². The summed E-state index contributed by atoms with van der Waals surface area (Å²) in [6.07, 6.45) is 44.3. The van der Waals surface area contributed by atoms with Crippen molar-refractivity contribution < 1.29 is 19.4 Å². The predicted octanol–water partition coefficient (Wildman–Crippen LogP) is 12.2. The highest BCUT2D eigenvalue weighted by molar-refractivity contribution is 5.69. The maximum atomic E-state index is 12.1. The monoisotopic (exact) mass is 589 g/mol. The Morgan fingerprint density at radius 1 is 0.548 bits per heavy atom. The fourth-order valence-corrected chi connectivity index (χ4v) is 5.24. The van der Waals surface area contributed by atoms with E-state index in [1.54, 1.807) is 0 Å². The Bertz CT molecular complexity index is 679. The summed E-state index contributed by atoms with van der Waals surface area (Å²) in [5.74, 6) is -0.690. The van der Waals surface area contributed by atoms with Crippen molar-refractivity contribution in [3.63, 3.8) is 0 Å². The van der Waals surface area contributed by atoms with Gasteiger partial charge in [-0.15, -0.1) is 0 Å². The van der Waals surface area contributed by atoms with Gasteiger partial charge in [0.15, 0.2) is 0 Å². The number of carboxylic acids is 1. The molecule has 244 valence electrons. The van der Waals surface area contributed by atoms with Crippen molar-refractivity contribution in [1.82, 2.24) is 0 Å². The minimum Gasteiger partial charge on any atom is -0.481 e. The lowest BCUT2D eigenvalue weighted by Gasteiger charge is -2.13. The standard InChI is InChI=1S/C38H68O4/c1-3-4-5-6-7-8-9-10-11-12-13-14-15-16-20-23-26-29-32-35-38(41)42-36(2)33-30-27-24-21-18-17-19-22-25-28-31-34-37(39)40/h4-5,7-8,10-11,36H,3,6,9,12-35H2,1-2H3,(H,39,40)/b5-4-,8-7-,11-10-. The van der Waals surface area contributed by atoms with Crippen LogP contribution in [-0.4, -0.2) is 23.1 Å². The molecule has 0 aliphatic carbocycles. The van der Waals surface area contributed by atoms with Crippen LogP contribution in [0.25, 0.3) is 0 Å². The molecule has 0 amide bonds. The van der Waals surface area contributed by atoms with Crippen LogP contribution in [0.15, 0.2) is 36.5 Å². The van der Waals surface area contributed by atoms with Crippen LogP contribution in [0, 0.1) is 0 Å². The van der Waals surface area contributed by atoms with Gasteiger partial charge in [-0.05, 0) is 64.7 Å². The molecule has 1 atom stereocenters. The van der Waals surface area contributed by atoms with Gasteiger partial charge in [-0.25, -0.2) is 0 Å². The minimum atomic E-state index is -0.675. The summed E-state index contributed by atoms with van der Waals surface area (Å²) in [7, 11) is 0. The fourth-order valence-electron chi connectivity index (χ4n) is 5.24. The van der Waals surface area contributed by atoms with Crippen molar-refractivity contribution in [2.45, 2.75) is 193 Å². The van der Waals surface area contributed by atoms with E-state index < -0.39 is 5.97 Å². The number of unbranched alkanes of at least 4 members (excludes halogenated alkanes) is 19. The molecule has 0 bridgehead atoms. The molecule has 4 heteroatoms. The van der Waals surface area contributed by atoms with Crippen LogP contribution in [-0.2, 0) is 14.3 Å². The summed E-state index contributed by atoms with van der Waals surface area (Å²) < 4.78 is 5.62. The number of allylic oxidation sites excluding steroid dienone is 6. The minimum absolute atomic E-state index is 0.0142. The van der Waals surface area contributed by atoms with Crippen molar-refractivity contribution in [3.05, 3.63) is 36.5 Å². The summed E-state index contributed by atoms with van der Waals surface area (Å²) in [5.41, 5.74) is 0. The van der Waals surface area contributed by atoms with E-state index in [2.05, 4.69) is 43.4 Å². The highest BCUT2D eigenvalue weighted by atomic mass is 16.5. The number of ether oxygens (including phenoxy) is 1. The molecular weight excluding hydrogens is 520 g/mol. The summed E-state index contributed by atoms with van der Waals surface area (Å²) >= 11 is 0. The zero-order valence-electron chi connectivity index (χ0n) is 27.8. The lowest BCUT2D eigenvalue weighted by Crippen LogP contribution is -2.14. The Labute approximate surface area is 260 Å². The SMILES string of the molecule is CC/C=C\C/C=C\C/C=C\CCCCCCCCCCCC(=O)OC(C)CCCCCCCCCCCCCC(=O)O. The van der Waals surface area contributed by atoms with Gasteiger partial charge in [0.2, 0.25) is 0 Å². The van der Waals surface area contributed by atoms with Crippen LogP contribution in [0.5, 0.6) is 0 Å². The summed E-state index contributed by atoms with van der Waals surface area (Å²) in [6.45, 7) is 4.21. The smallest absolute Gasteiger partial charge is 0.306 e. The van der Waals surface area contributed by atoms with Crippen LogP contribution in [0.4, 0.5) is 0 Å². The molecule has 0 rings (SSSR count). The summed E-state index contributed by atoms with van der Waals surface area (Å²) in [4.78, 5) is 22.6. The largest absolute Gasteiger partial charge is 0.481 e. The molecule has 1 unspecified atom stereocenters. The van der Waals surface area contributed by atoms with Gasteiger partial charge < -0.3 is 9.84 Å². The van der Waals surface area contributed by atoms with Crippen LogP contribution in [0.2, 0.25) is 0 Å². The molecule has 0 aliphatic rings. The van der Waals surface area contributed by atoms with Gasteiger partial charge in [0, 0.05) is 12.8 Å². The van der Waals surface area contributed by atoms with Crippen LogP contribution in [0.1, 0.15) is 187 Å². The van der Waals surface area contributed by atoms with Crippen molar-refractivity contribution in [3.8, 4) is 0 Å². The number of carbonyl (C=O) groups excluding carboxylic acids is 1. The average molecular weight is 589 g/mol. The molecule has 0 aliphatic heterocycles. The molecule has 0 radical (unpaired) electrons. The predicted molar refractivity (Wildman–Crippen MR) is 181 cm³/mol. The third-order valence-electron chi connectivity index (χ3n) is 7.87. The average Bonchev–Trinajstić information content (AvgIpc) is 2.96. The van der Waals surface area contributed by atoms with Crippen molar-refractivity contribution >= 4 is 11.9 Å². The van der Waals surface area contributed by atoms with E-state index in [1.165, 1.54) is 103 Å². The first-order valence-electron chi connectivity index (χ1n) is 17.9. The molecule has 0 aromatic carbocycles. The Kier molecular flexibility index (Phi) is 32.2. The molecule has 0 spiro atoms. The number of aliphatic carboxylic acids is 1. The molecule has 1 N–H and O–H groups in total. The van der Waals surface area contributed by atoms with E-state index >= 15 is 0 Å². The van der Waals surface area contributed by atoms with Gasteiger partial charge in [-0.2, -0.15) is 0 Å². The molecule has 0 fully saturated rings. The van der Waals surface area contributed by atoms with E-state index in [0.29, 0.717) is 12.8 Å². The molecule has 0 aromatic heterocycles. The Hall–Kier alpha value is -1.84. The van der Waals surface area contributed by atoms with E-state index in [1.807, 2.05) is 6.92 Å². The first-order chi connectivity index (χ1) is 20.6. The van der Waals surface area contributed by atoms with Gasteiger partial charge in [-0.1, -0.05) is 146 Å². The zero-order valence-corrected chi connectivity index (χ0v) is 27.8. The highest BCUT2D eigenvalue weighted by Gasteiger charge is 2.09. The molecule has 42 heavy (non-hydrogen) atoms. The maximum absolute atomic E-state index is 12.1. The topological polar surface area (TPSA) is 63.6 Å². The lowest BCUT2D eigenvalue weighted by atomic mass is 10.0. The second-order valence-electron chi connectivity index (χ2n) is 12.1. The molecule has 0 saturated carbocycles. The van der Waals surface area contributed by atoms with E-state index in [4.69, 9.17) is 9.84 Å². The number of carbonyl (C=O) groups is 2. The molecule has 0 aromatic rings. The van der Waals surface area contributed by atoms with Crippen LogP contribution < -0.4 is 0 Å². The second kappa shape index (κ2) is 33.7. The van der Waals surface area contributed by atoms with Crippen molar-refractivity contribution in [2.75, 3.05) is 0 Å². The van der Waals surface area contributed by atoms with Gasteiger partial charge >= 0.3 is 11.9 Å². The number of hydrogen-bond acceptors (Lipinski definition) is 3. The highest BCUT2D eigenvalue weighted by Crippen LogP contribution is 2.15. The number of hydrogen-bond donors (Lipinski definition) is 1. The Balaban J connectivity index is 3.35. The second-order valence-corrected chi connectivity index (χ2v) is 12.1. The van der Waals surface area contributed by atoms with Crippen LogP contribution >= 0.6 is 0 Å². The van der Waals surface area contributed by atoms with Crippen LogP contribution in [0.3, 0.4) is 0 Å². The summed E-state index contributed by atoms with van der Waals surface area (Å²) in [6, 6.07) is 0. The molecular formula is C38H68O4. The van der Waals surface area contributed by atoms with Gasteiger partial charge in [0.05, 0.1) is 6.10 Å². The number of rotatable bonds is 32. The van der Waals surface area contributed by atoms with Gasteiger partial charge in [0.1, 0.15) is 0 Å². The zero-order chi connectivity index (χ0) is 30.8.